The van der Waals surface area contributed by atoms with Crippen LogP contribution >= 0.6 is 0 Å². The third kappa shape index (κ3) is 3.89. The summed E-state index contributed by atoms with van der Waals surface area (Å²) in [6.45, 7) is 0. The Balaban J connectivity index is 1.62. The predicted octanol–water partition coefficient (Wildman–Crippen LogP) is 3.15. The molecular formula is C21H24N6O. The molecule has 0 aliphatic heterocycles. The highest BCUT2D eigenvalue weighted by Gasteiger charge is 2.22. The first-order valence-electron chi connectivity index (χ1n) is 9.53. The minimum absolute atomic E-state index is 0.120. The summed E-state index contributed by atoms with van der Waals surface area (Å²) in [7, 11) is 0. The Bertz CT molecular complexity index is 1010. The number of aromatic nitrogens is 2. The van der Waals surface area contributed by atoms with Gasteiger partial charge in [0.05, 0.1) is 17.6 Å². The Morgan fingerprint density at radius 1 is 1.04 bits per heavy atom. The van der Waals surface area contributed by atoms with Crippen molar-refractivity contribution in [3.05, 3.63) is 54.6 Å². The monoisotopic (exact) mass is 376 g/mol. The van der Waals surface area contributed by atoms with Crippen molar-refractivity contribution in [2.75, 3.05) is 10.6 Å². The fourth-order valence-electron chi connectivity index (χ4n) is 3.70. The van der Waals surface area contributed by atoms with Crippen LogP contribution in [0.2, 0.25) is 0 Å². The highest BCUT2D eigenvalue weighted by molar-refractivity contribution is 5.98. The maximum atomic E-state index is 11.8. The van der Waals surface area contributed by atoms with E-state index in [0.717, 1.165) is 41.4 Å². The Labute approximate surface area is 163 Å². The third-order valence-electron chi connectivity index (χ3n) is 5.21. The van der Waals surface area contributed by atoms with Crippen LogP contribution in [-0.4, -0.2) is 28.0 Å². The average molecular weight is 376 g/mol. The van der Waals surface area contributed by atoms with Gasteiger partial charge in [0, 0.05) is 35.6 Å². The lowest BCUT2D eigenvalue weighted by atomic mass is 9.91. The van der Waals surface area contributed by atoms with Crippen molar-refractivity contribution < 1.29 is 4.79 Å². The molecule has 6 N–H and O–H groups in total. The number of nitrogens with one attached hydrogen (secondary N) is 2. The van der Waals surface area contributed by atoms with Crippen LogP contribution in [0.3, 0.4) is 0 Å². The van der Waals surface area contributed by atoms with Gasteiger partial charge in [0.25, 0.3) is 5.91 Å². The number of fused-ring (bicyclic) bond motifs is 1. The van der Waals surface area contributed by atoms with Crippen LogP contribution in [0.1, 0.15) is 36.2 Å². The van der Waals surface area contributed by atoms with E-state index in [1.165, 1.54) is 6.42 Å². The van der Waals surface area contributed by atoms with Crippen molar-refractivity contribution in [3.8, 4) is 0 Å². The van der Waals surface area contributed by atoms with Gasteiger partial charge >= 0.3 is 0 Å². The van der Waals surface area contributed by atoms with Crippen molar-refractivity contribution in [1.82, 2.24) is 9.97 Å². The third-order valence-corrected chi connectivity index (χ3v) is 5.21. The van der Waals surface area contributed by atoms with Crippen LogP contribution in [0, 0.1) is 0 Å². The standard InChI is InChI=1S/C21H24N6O/c22-17-3-1-2-4-18(17)27-16-10-19(20(21(23)28)25-12-16)26-15-6-5-14-11-24-8-7-13(14)9-15/h5-12,17-18,26-27H,1-4,22H2,(H2,23,28)/t17-,18+/m0/s1. The van der Waals surface area contributed by atoms with E-state index >= 15 is 0 Å². The van der Waals surface area contributed by atoms with Crippen LogP contribution in [-0.2, 0) is 0 Å². The van der Waals surface area contributed by atoms with Gasteiger partial charge in [-0.2, -0.15) is 0 Å². The molecule has 1 aromatic carbocycles. The van der Waals surface area contributed by atoms with Gasteiger partial charge in [-0.1, -0.05) is 18.9 Å². The lowest BCUT2D eigenvalue weighted by Crippen LogP contribution is -2.42. The number of amides is 1. The number of nitrogens with two attached hydrogens (primary N) is 2. The van der Waals surface area contributed by atoms with Gasteiger partial charge < -0.3 is 22.1 Å². The van der Waals surface area contributed by atoms with Crippen LogP contribution in [0.25, 0.3) is 10.8 Å². The van der Waals surface area contributed by atoms with Crippen molar-refractivity contribution in [1.29, 1.82) is 0 Å². The van der Waals surface area contributed by atoms with Gasteiger partial charge in [-0.25, -0.2) is 4.98 Å². The van der Waals surface area contributed by atoms with Gasteiger partial charge in [-0.3, -0.25) is 9.78 Å². The summed E-state index contributed by atoms with van der Waals surface area (Å²) < 4.78 is 0. The molecule has 0 radical (unpaired) electrons. The molecule has 4 rings (SSSR count). The topological polar surface area (TPSA) is 119 Å². The number of carbonyl (C=O) groups is 1. The predicted molar refractivity (Wildman–Crippen MR) is 112 cm³/mol. The molecule has 144 valence electrons. The van der Waals surface area contributed by atoms with Crippen molar-refractivity contribution in [2.45, 2.75) is 37.8 Å². The fourth-order valence-corrected chi connectivity index (χ4v) is 3.70. The minimum atomic E-state index is -0.576. The molecule has 2 aromatic heterocycles. The van der Waals surface area contributed by atoms with E-state index in [0.29, 0.717) is 5.69 Å². The lowest BCUT2D eigenvalue weighted by molar-refractivity contribution is 0.0996. The van der Waals surface area contributed by atoms with Gasteiger partial charge in [-0.05, 0) is 42.5 Å². The quantitative estimate of drug-likeness (QED) is 0.543. The van der Waals surface area contributed by atoms with Crippen molar-refractivity contribution in [3.63, 3.8) is 0 Å². The summed E-state index contributed by atoms with van der Waals surface area (Å²) in [6.07, 6.45) is 9.58. The van der Waals surface area contributed by atoms with E-state index in [1.54, 1.807) is 12.4 Å². The molecule has 1 saturated carbocycles. The maximum absolute atomic E-state index is 11.8. The Hall–Kier alpha value is -3.19. The highest BCUT2D eigenvalue weighted by Crippen LogP contribution is 2.27. The molecule has 7 heteroatoms. The minimum Gasteiger partial charge on any atom is -0.379 e. The summed E-state index contributed by atoms with van der Waals surface area (Å²) in [5, 5.41) is 8.84. The molecule has 0 spiro atoms. The molecule has 7 nitrogen and oxygen atoms in total. The van der Waals surface area contributed by atoms with Gasteiger partial charge in [0.1, 0.15) is 0 Å². The molecule has 0 saturated heterocycles. The summed E-state index contributed by atoms with van der Waals surface area (Å²) >= 11 is 0. The number of pyridine rings is 2. The summed E-state index contributed by atoms with van der Waals surface area (Å²) in [5.74, 6) is -0.576. The highest BCUT2D eigenvalue weighted by atomic mass is 16.1. The first-order valence-corrected chi connectivity index (χ1v) is 9.53. The van der Waals surface area contributed by atoms with E-state index in [1.807, 2.05) is 36.5 Å². The molecule has 28 heavy (non-hydrogen) atoms. The molecule has 1 amide bonds. The van der Waals surface area contributed by atoms with E-state index in [2.05, 4.69) is 20.6 Å². The normalized spacial score (nSPS) is 19.3. The molecule has 0 bridgehead atoms. The first kappa shape index (κ1) is 18.2. The molecule has 2 heterocycles. The molecule has 2 atom stereocenters. The van der Waals surface area contributed by atoms with E-state index < -0.39 is 5.91 Å². The van der Waals surface area contributed by atoms with Gasteiger partial charge in [-0.15, -0.1) is 0 Å². The number of primary amides is 1. The number of nitrogens with zero attached hydrogens (tertiary/aromatic N) is 2. The van der Waals surface area contributed by atoms with E-state index in [4.69, 9.17) is 11.5 Å². The average Bonchev–Trinajstić information content (AvgIpc) is 2.70. The summed E-state index contributed by atoms with van der Waals surface area (Å²) in [4.78, 5) is 20.3. The molecular weight excluding hydrogens is 352 g/mol. The number of benzene rings is 1. The Kier molecular flexibility index (Phi) is 5.08. The van der Waals surface area contributed by atoms with Gasteiger partial charge in [0.15, 0.2) is 5.69 Å². The second-order valence-electron chi connectivity index (χ2n) is 7.25. The summed E-state index contributed by atoms with van der Waals surface area (Å²) in [6, 6.07) is 10.0. The molecule has 1 aliphatic carbocycles. The zero-order valence-corrected chi connectivity index (χ0v) is 15.6. The van der Waals surface area contributed by atoms with Gasteiger partial charge in [0.2, 0.25) is 0 Å². The van der Waals surface area contributed by atoms with Crippen molar-refractivity contribution >= 4 is 33.7 Å². The Morgan fingerprint density at radius 3 is 2.71 bits per heavy atom. The van der Waals surface area contributed by atoms with Crippen LogP contribution in [0.5, 0.6) is 0 Å². The largest absolute Gasteiger partial charge is 0.379 e. The number of hydrogen-bond acceptors (Lipinski definition) is 6. The number of anilines is 3. The SMILES string of the molecule is NC(=O)c1ncc(N[C@@H]2CCCC[C@@H]2N)cc1Nc1ccc2cnccc2c1. The molecule has 3 aromatic rings. The Morgan fingerprint density at radius 2 is 1.89 bits per heavy atom. The summed E-state index contributed by atoms with van der Waals surface area (Å²) in [5.41, 5.74) is 14.2. The number of carbonyl (C=O) groups excluding carboxylic acids is 1. The van der Waals surface area contributed by atoms with Crippen LogP contribution < -0.4 is 22.1 Å². The van der Waals surface area contributed by atoms with Crippen molar-refractivity contribution in [2.24, 2.45) is 11.5 Å². The maximum Gasteiger partial charge on any atom is 0.269 e. The molecule has 0 unspecified atom stereocenters. The second kappa shape index (κ2) is 7.82. The fraction of sp³-hybridized carbons (Fsp3) is 0.286. The molecule has 1 aliphatic rings. The zero-order valence-electron chi connectivity index (χ0n) is 15.6. The first-order chi connectivity index (χ1) is 13.6. The number of rotatable bonds is 5. The lowest BCUT2D eigenvalue weighted by Gasteiger charge is -2.30. The van der Waals surface area contributed by atoms with Crippen LogP contribution in [0.15, 0.2) is 48.9 Å². The van der Waals surface area contributed by atoms with Crippen LogP contribution in [0.4, 0.5) is 17.1 Å². The van der Waals surface area contributed by atoms with E-state index in [9.17, 15) is 4.79 Å². The second-order valence-corrected chi connectivity index (χ2v) is 7.25. The smallest absolute Gasteiger partial charge is 0.269 e. The van der Waals surface area contributed by atoms with E-state index in [-0.39, 0.29) is 17.8 Å². The number of hydrogen-bond donors (Lipinski definition) is 4. The molecule has 1 fully saturated rings. The zero-order chi connectivity index (χ0) is 19.5.